The summed E-state index contributed by atoms with van der Waals surface area (Å²) in [7, 11) is 0. The quantitative estimate of drug-likeness (QED) is 0.798. The number of carbonyl (C=O) groups excluding carboxylic acids is 1. The molecule has 0 bridgehead atoms. The Kier molecular flexibility index (Phi) is 5.16. The van der Waals surface area contributed by atoms with Gasteiger partial charge in [-0.05, 0) is 48.1 Å². The molecule has 2 rings (SSSR count). The molecule has 2 nitrogen and oxygen atoms in total. The van der Waals surface area contributed by atoms with Gasteiger partial charge in [-0.25, -0.2) is 0 Å². The van der Waals surface area contributed by atoms with Crippen molar-refractivity contribution in [1.29, 1.82) is 0 Å². The van der Waals surface area contributed by atoms with Crippen molar-refractivity contribution in [2.24, 2.45) is 0 Å². The summed E-state index contributed by atoms with van der Waals surface area (Å²) in [5.74, 6) is -0.151. The first-order valence-electron chi connectivity index (χ1n) is 7.86. The third-order valence-corrected chi connectivity index (χ3v) is 4.31. The van der Waals surface area contributed by atoms with Gasteiger partial charge in [0.1, 0.15) is 0 Å². The molecule has 1 amide bonds. The Hall–Kier alpha value is -1.80. The maximum atomic E-state index is 12.4. The molecule has 0 aliphatic heterocycles. The summed E-state index contributed by atoms with van der Waals surface area (Å²) in [4.78, 5) is 12.4. The molecule has 122 valence electrons. The minimum atomic E-state index is -0.151. The minimum absolute atomic E-state index is 0.0751. The number of aryl methyl sites for hydroxylation is 1. The van der Waals surface area contributed by atoms with Gasteiger partial charge in [-0.15, -0.1) is 0 Å². The van der Waals surface area contributed by atoms with Crippen molar-refractivity contribution in [3.05, 3.63) is 69.7 Å². The van der Waals surface area contributed by atoms with Gasteiger partial charge in [0, 0.05) is 0 Å². The summed E-state index contributed by atoms with van der Waals surface area (Å²) in [6.07, 6.45) is 0. The SMILES string of the molecule is Cc1ccc(C(=O)NC(C)c2ccc(C(C)(C)C)cc2)c(Cl)c1. The Bertz CT molecular complexity index is 699. The van der Waals surface area contributed by atoms with Crippen LogP contribution in [0.4, 0.5) is 0 Å². The maximum Gasteiger partial charge on any atom is 0.253 e. The number of hydrogen-bond donors (Lipinski definition) is 1. The van der Waals surface area contributed by atoms with Crippen molar-refractivity contribution in [3.8, 4) is 0 Å². The van der Waals surface area contributed by atoms with Gasteiger partial charge in [0.15, 0.2) is 0 Å². The van der Waals surface area contributed by atoms with Crippen LogP contribution >= 0.6 is 11.6 Å². The van der Waals surface area contributed by atoms with E-state index in [-0.39, 0.29) is 17.4 Å². The lowest BCUT2D eigenvalue weighted by molar-refractivity contribution is 0.0940. The van der Waals surface area contributed by atoms with Crippen LogP contribution in [0.3, 0.4) is 0 Å². The van der Waals surface area contributed by atoms with E-state index in [1.54, 1.807) is 12.1 Å². The van der Waals surface area contributed by atoms with E-state index in [2.05, 4.69) is 50.4 Å². The van der Waals surface area contributed by atoms with Gasteiger partial charge in [-0.3, -0.25) is 4.79 Å². The van der Waals surface area contributed by atoms with E-state index in [0.717, 1.165) is 11.1 Å². The van der Waals surface area contributed by atoms with Crippen LogP contribution < -0.4 is 5.32 Å². The predicted octanol–water partition coefficient (Wildman–Crippen LogP) is 5.44. The molecule has 0 radical (unpaired) electrons. The largest absolute Gasteiger partial charge is 0.345 e. The van der Waals surface area contributed by atoms with Crippen LogP contribution in [0.5, 0.6) is 0 Å². The highest BCUT2D eigenvalue weighted by Gasteiger charge is 2.16. The number of benzene rings is 2. The molecular formula is C20H24ClNO. The molecule has 0 aliphatic carbocycles. The molecule has 2 aromatic carbocycles. The van der Waals surface area contributed by atoms with Crippen molar-refractivity contribution in [2.45, 2.75) is 46.1 Å². The summed E-state index contributed by atoms with van der Waals surface area (Å²) < 4.78 is 0. The molecule has 23 heavy (non-hydrogen) atoms. The normalized spacial score (nSPS) is 12.8. The molecule has 0 spiro atoms. The fourth-order valence-electron chi connectivity index (χ4n) is 2.43. The van der Waals surface area contributed by atoms with Crippen LogP contribution in [-0.2, 0) is 5.41 Å². The Morgan fingerprint density at radius 2 is 1.70 bits per heavy atom. The molecular weight excluding hydrogens is 306 g/mol. The molecule has 0 heterocycles. The first-order valence-corrected chi connectivity index (χ1v) is 8.24. The summed E-state index contributed by atoms with van der Waals surface area (Å²) in [6.45, 7) is 10.5. The minimum Gasteiger partial charge on any atom is -0.345 e. The molecule has 1 N–H and O–H groups in total. The molecule has 1 unspecified atom stereocenters. The van der Waals surface area contributed by atoms with Crippen LogP contribution in [0, 0.1) is 6.92 Å². The third-order valence-electron chi connectivity index (χ3n) is 3.99. The number of amides is 1. The lowest BCUT2D eigenvalue weighted by Gasteiger charge is -2.21. The van der Waals surface area contributed by atoms with Crippen molar-refractivity contribution in [3.63, 3.8) is 0 Å². The van der Waals surface area contributed by atoms with Gasteiger partial charge >= 0.3 is 0 Å². The molecule has 1 atom stereocenters. The van der Waals surface area contributed by atoms with Gasteiger partial charge in [-0.1, -0.05) is 62.7 Å². The van der Waals surface area contributed by atoms with Gasteiger partial charge in [-0.2, -0.15) is 0 Å². The standard InChI is InChI=1S/C20H24ClNO/c1-13-6-11-17(18(21)12-13)19(23)22-14(2)15-7-9-16(10-8-15)20(3,4)5/h6-12,14H,1-5H3,(H,22,23). The fraction of sp³-hybridized carbons (Fsp3) is 0.350. The van der Waals surface area contributed by atoms with E-state index in [1.807, 2.05) is 19.9 Å². The summed E-state index contributed by atoms with van der Waals surface area (Å²) in [5.41, 5.74) is 4.03. The lowest BCUT2D eigenvalue weighted by Crippen LogP contribution is -2.27. The first-order chi connectivity index (χ1) is 10.7. The molecule has 0 aromatic heterocycles. The average molecular weight is 330 g/mol. The molecule has 2 aromatic rings. The molecule has 3 heteroatoms. The molecule has 0 aliphatic rings. The van der Waals surface area contributed by atoms with Crippen molar-refractivity contribution < 1.29 is 4.79 Å². The van der Waals surface area contributed by atoms with E-state index >= 15 is 0 Å². The Morgan fingerprint density at radius 1 is 1.09 bits per heavy atom. The zero-order valence-electron chi connectivity index (χ0n) is 14.4. The molecule has 0 saturated carbocycles. The number of nitrogens with one attached hydrogen (secondary N) is 1. The fourth-order valence-corrected chi connectivity index (χ4v) is 2.75. The van der Waals surface area contributed by atoms with E-state index in [0.29, 0.717) is 10.6 Å². The molecule has 0 fully saturated rings. The highest BCUT2D eigenvalue weighted by atomic mass is 35.5. The van der Waals surface area contributed by atoms with Gasteiger partial charge in [0.2, 0.25) is 0 Å². The number of halogens is 1. The van der Waals surface area contributed by atoms with Gasteiger partial charge in [0.25, 0.3) is 5.91 Å². The summed E-state index contributed by atoms with van der Waals surface area (Å²) in [5, 5.41) is 3.49. The van der Waals surface area contributed by atoms with Crippen molar-refractivity contribution in [1.82, 2.24) is 5.32 Å². The van der Waals surface area contributed by atoms with Crippen molar-refractivity contribution in [2.75, 3.05) is 0 Å². The van der Waals surface area contributed by atoms with E-state index < -0.39 is 0 Å². The van der Waals surface area contributed by atoms with Crippen LogP contribution in [0.1, 0.15) is 60.8 Å². The van der Waals surface area contributed by atoms with Gasteiger partial charge in [0.05, 0.1) is 16.6 Å². The highest BCUT2D eigenvalue weighted by molar-refractivity contribution is 6.33. The summed E-state index contributed by atoms with van der Waals surface area (Å²) in [6, 6.07) is 13.8. The lowest BCUT2D eigenvalue weighted by atomic mass is 9.86. The Labute approximate surface area is 143 Å². The smallest absolute Gasteiger partial charge is 0.253 e. The maximum absolute atomic E-state index is 12.4. The van der Waals surface area contributed by atoms with Crippen LogP contribution in [0.15, 0.2) is 42.5 Å². The number of carbonyl (C=O) groups is 1. The zero-order valence-corrected chi connectivity index (χ0v) is 15.2. The topological polar surface area (TPSA) is 29.1 Å². The second kappa shape index (κ2) is 6.76. The predicted molar refractivity (Wildman–Crippen MR) is 97.2 cm³/mol. The van der Waals surface area contributed by atoms with Crippen LogP contribution in [0.25, 0.3) is 0 Å². The zero-order chi connectivity index (χ0) is 17.2. The summed E-state index contributed by atoms with van der Waals surface area (Å²) >= 11 is 6.16. The van der Waals surface area contributed by atoms with E-state index in [4.69, 9.17) is 11.6 Å². The third kappa shape index (κ3) is 4.35. The average Bonchev–Trinajstić information content (AvgIpc) is 2.46. The first kappa shape index (κ1) is 17.6. The number of hydrogen-bond acceptors (Lipinski definition) is 1. The second-order valence-electron chi connectivity index (χ2n) is 7.05. The van der Waals surface area contributed by atoms with E-state index in [1.165, 1.54) is 5.56 Å². The highest BCUT2D eigenvalue weighted by Crippen LogP contribution is 2.24. The van der Waals surface area contributed by atoms with Crippen molar-refractivity contribution >= 4 is 17.5 Å². The Balaban J connectivity index is 2.12. The molecule has 0 saturated heterocycles. The Morgan fingerprint density at radius 3 is 2.22 bits per heavy atom. The van der Waals surface area contributed by atoms with E-state index in [9.17, 15) is 4.79 Å². The van der Waals surface area contributed by atoms with Crippen LogP contribution in [-0.4, -0.2) is 5.91 Å². The number of rotatable bonds is 3. The van der Waals surface area contributed by atoms with Gasteiger partial charge < -0.3 is 5.32 Å². The second-order valence-corrected chi connectivity index (χ2v) is 7.46. The monoisotopic (exact) mass is 329 g/mol. The van der Waals surface area contributed by atoms with Crippen LogP contribution in [0.2, 0.25) is 5.02 Å².